The summed E-state index contributed by atoms with van der Waals surface area (Å²) >= 11 is 3.47. The number of aryl methyl sites for hydroxylation is 1. The number of nitrogens with one attached hydrogen (secondary N) is 1. The summed E-state index contributed by atoms with van der Waals surface area (Å²) in [5.74, 6) is 0.979. The first-order valence-electron chi connectivity index (χ1n) is 6.84. The molecule has 2 rings (SSSR count). The first-order chi connectivity index (χ1) is 8.97. The molecule has 1 saturated carbocycles. The van der Waals surface area contributed by atoms with Crippen molar-refractivity contribution in [2.45, 2.75) is 39.5 Å². The molecule has 0 spiro atoms. The van der Waals surface area contributed by atoms with Crippen molar-refractivity contribution in [3.05, 3.63) is 22.2 Å². The number of anilines is 2. The molecule has 1 amide bonds. The molecule has 1 fully saturated rings. The van der Waals surface area contributed by atoms with Gasteiger partial charge in [-0.3, -0.25) is 4.79 Å². The lowest BCUT2D eigenvalue weighted by atomic mass is 9.82. The SMILES string of the molecule is Cc1cc(N)c(NC(=O)C2CCC(C)CC2)c(Br)c1. The van der Waals surface area contributed by atoms with Crippen LogP contribution in [-0.4, -0.2) is 5.91 Å². The summed E-state index contributed by atoms with van der Waals surface area (Å²) in [6.07, 6.45) is 4.25. The fourth-order valence-corrected chi connectivity index (χ4v) is 3.34. The highest BCUT2D eigenvalue weighted by Crippen LogP contribution is 2.33. The van der Waals surface area contributed by atoms with E-state index in [1.165, 1.54) is 0 Å². The number of rotatable bonds is 2. The number of nitrogens with two attached hydrogens (primary N) is 1. The van der Waals surface area contributed by atoms with Crippen molar-refractivity contribution in [1.29, 1.82) is 0 Å². The Kier molecular flexibility index (Phi) is 4.50. The van der Waals surface area contributed by atoms with Crippen molar-refractivity contribution in [1.82, 2.24) is 0 Å². The zero-order valence-electron chi connectivity index (χ0n) is 11.5. The van der Waals surface area contributed by atoms with E-state index in [0.29, 0.717) is 11.4 Å². The van der Waals surface area contributed by atoms with Gasteiger partial charge < -0.3 is 11.1 Å². The first kappa shape index (κ1) is 14.4. The number of halogens is 1. The van der Waals surface area contributed by atoms with E-state index >= 15 is 0 Å². The predicted octanol–water partition coefficient (Wildman–Crippen LogP) is 4.10. The summed E-state index contributed by atoms with van der Waals surface area (Å²) in [5.41, 5.74) is 8.37. The van der Waals surface area contributed by atoms with Crippen LogP contribution in [0.1, 0.15) is 38.2 Å². The Morgan fingerprint density at radius 3 is 2.53 bits per heavy atom. The molecule has 1 aliphatic rings. The van der Waals surface area contributed by atoms with Gasteiger partial charge in [-0.15, -0.1) is 0 Å². The summed E-state index contributed by atoms with van der Waals surface area (Å²) in [4.78, 5) is 12.3. The van der Waals surface area contributed by atoms with E-state index in [4.69, 9.17) is 5.73 Å². The molecule has 19 heavy (non-hydrogen) atoms. The molecule has 0 unspecified atom stereocenters. The number of hydrogen-bond acceptors (Lipinski definition) is 2. The van der Waals surface area contributed by atoms with Crippen molar-refractivity contribution in [3.63, 3.8) is 0 Å². The minimum atomic E-state index is 0.100. The standard InChI is InChI=1S/C15H21BrN2O/c1-9-3-5-11(6-4-9)15(19)18-14-12(16)7-10(2)8-13(14)17/h7-9,11H,3-6,17H2,1-2H3,(H,18,19). The molecule has 4 heteroatoms. The van der Waals surface area contributed by atoms with Crippen molar-refractivity contribution in [2.75, 3.05) is 11.1 Å². The molecule has 1 aliphatic carbocycles. The molecule has 0 aromatic heterocycles. The second kappa shape index (κ2) is 5.95. The Balaban J connectivity index is 2.07. The molecule has 0 bridgehead atoms. The van der Waals surface area contributed by atoms with Crippen LogP contribution in [0.25, 0.3) is 0 Å². The fourth-order valence-electron chi connectivity index (χ4n) is 2.65. The van der Waals surface area contributed by atoms with Crippen molar-refractivity contribution in [2.24, 2.45) is 11.8 Å². The van der Waals surface area contributed by atoms with Gasteiger partial charge in [0.1, 0.15) is 0 Å². The Morgan fingerprint density at radius 1 is 1.32 bits per heavy atom. The molecule has 0 heterocycles. The van der Waals surface area contributed by atoms with Gasteiger partial charge in [0.2, 0.25) is 5.91 Å². The maximum atomic E-state index is 12.3. The summed E-state index contributed by atoms with van der Waals surface area (Å²) in [5, 5.41) is 2.98. The maximum absolute atomic E-state index is 12.3. The summed E-state index contributed by atoms with van der Waals surface area (Å²) in [6.45, 7) is 4.23. The molecular formula is C15H21BrN2O. The number of benzene rings is 1. The molecule has 3 N–H and O–H groups in total. The Labute approximate surface area is 123 Å². The van der Waals surface area contributed by atoms with Gasteiger partial charge in [0, 0.05) is 10.4 Å². The van der Waals surface area contributed by atoms with Gasteiger partial charge in [0.05, 0.1) is 11.4 Å². The van der Waals surface area contributed by atoms with Crippen molar-refractivity contribution >= 4 is 33.2 Å². The minimum absolute atomic E-state index is 0.100. The topological polar surface area (TPSA) is 55.1 Å². The Morgan fingerprint density at radius 2 is 1.95 bits per heavy atom. The average Bonchev–Trinajstić information content (AvgIpc) is 2.34. The number of carbonyl (C=O) groups excluding carboxylic acids is 1. The quantitative estimate of drug-likeness (QED) is 0.804. The van der Waals surface area contributed by atoms with Crippen molar-refractivity contribution < 1.29 is 4.79 Å². The van der Waals surface area contributed by atoms with E-state index in [9.17, 15) is 4.79 Å². The molecule has 0 atom stereocenters. The largest absolute Gasteiger partial charge is 0.397 e. The third kappa shape index (κ3) is 3.50. The first-order valence-corrected chi connectivity index (χ1v) is 7.63. The van der Waals surface area contributed by atoms with Gasteiger partial charge in [-0.2, -0.15) is 0 Å². The van der Waals surface area contributed by atoms with E-state index in [2.05, 4.69) is 28.2 Å². The summed E-state index contributed by atoms with van der Waals surface area (Å²) < 4.78 is 0.850. The fraction of sp³-hybridized carbons (Fsp3) is 0.533. The van der Waals surface area contributed by atoms with Gasteiger partial charge in [-0.05, 0) is 72.2 Å². The van der Waals surface area contributed by atoms with Gasteiger partial charge in [-0.25, -0.2) is 0 Å². The molecule has 0 radical (unpaired) electrons. The van der Waals surface area contributed by atoms with E-state index < -0.39 is 0 Å². The molecule has 104 valence electrons. The average molecular weight is 325 g/mol. The monoisotopic (exact) mass is 324 g/mol. The highest BCUT2D eigenvalue weighted by molar-refractivity contribution is 9.10. The zero-order chi connectivity index (χ0) is 14.0. The lowest BCUT2D eigenvalue weighted by Gasteiger charge is -2.25. The van der Waals surface area contributed by atoms with Crippen LogP contribution < -0.4 is 11.1 Å². The second-order valence-electron chi connectivity index (χ2n) is 5.66. The van der Waals surface area contributed by atoms with Gasteiger partial charge in [0.25, 0.3) is 0 Å². The van der Waals surface area contributed by atoms with Crippen molar-refractivity contribution in [3.8, 4) is 0 Å². The summed E-state index contributed by atoms with van der Waals surface area (Å²) in [6, 6.07) is 3.85. The van der Waals surface area contributed by atoms with Gasteiger partial charge in [0.15, 0.2) is 0 Å². The van der Waals surface area contributed by atoms with Crippen LogP contribution in [0.15, 0.2) is 16.6 Å². The highest BCUT2D eigenvalue weighted by Gasteiger charge is 2.25. The van der Waals surface area contributed by atoms with Crippen LogP contribution in [-0.2, 0) is 4.79 Å². The maximum Gasteiger partial charge on any atom is 0.227 e. The Bertz CT molecular complexity index is 456. The smallest absolute Gasteiger partial charge is 0.227 e. The molecular weight excluding hydrogens is 304 g/mol. The lowest BCUT2D eigenvalue weighted by Crippen LogP contribution is -2.27. The van der Waals surface area contributed by atoms with Crippen LogP contribution in [0.4, 0.5) is 11.4 Å². The zero-order valence-corrected chi connectivity index (χ0v) is 13.1. The van der Waals surface area contributed by atoms with Crippen LogP contribution in [0.3, 0.4) is 0 Å². The predicted molar refractivity (Wildman–Crippen MR) is 83.0 cm³/mol. The molecule has 3 nitrogen and oxygen atoms in total. The van der Waals surface area contributed by atoms with E-state index in [-0.39, 0.29) is 11.8 Å². The molecule has 1 aromatic rings. The van der Waals surface area contributed by atoms with E-state index in [1.807, 2.05) is 19.1 Å². The number of amides is 1. The van der Waals surface area contributed by atoms with E-state index in [1.54, 1.807) is 0 Å². The minimum Gasteiger partial charge on any atom is -0.397 e. The number of hydrogen-bond donors (Lipinski definition) is 2. The third-order valence-electron chi connectivity index (χ3n) is 3.90. The lowest BCUT2D eigenvalue weighted by molar-refractivity contribution is -0.121. The molecule has 0 saturated heterocycles. The summed E-state index contributed by atoms with van der Waals surface area (Å²) in [7, 11) is 0. The van der Waals surface area contributed by atoms with E-state index in [0.717, 1.165) is 41.6 Å². The van der Waals surface area contributed by atoms with Crippen LogP contribution >= 0.6 is 15.9 Å². The third-order valence-corrected chi connectivity index (χ3v) is 4.53. The van der Waals surface area contributed by atoms with Crippen LogP contribution in [0.5, 0.6) is 0 Å². The number of carbonyl (C=O) groups is 1. The Hall–Kier alpha value is -1.03. The molecule has 0 aliphatic heterocycles. The normalized spacial score (nSPS) is 23.1. The molecule has 1 aromatic carbocycles. The number of nitrogen functional groups attached to an aromatic ring is 1. The van der Waals surface area contributed by atoms with Crippen LogP contribution in [0, 0.1) is 18.8 Å². The van der Waals surface area contributed by atoms with Crippen LogP contribution in [0.2, 0.25) is 0 Å². The highest BCUT2D eigenvalue weighted by atomic mass is 79.9. The van der Waals surface area contributed by atoms with Gasteiger partial charge >= 0.3 is 0 Å². The second-order valence-corrected chi connectivity index (χ2v) is 6.51. The van der Waals surface area contributed by atoms with Gasteiger partial charge in [-0.1, -0.05) is 6.92 Å².